The number of aliphatic hydroxyl groups is 1. The molecule has 5 rings (SSSR count). The first-order valence-electron chi connectivity index (χ1n) is 12.0. The van der Waals surface area contributed by atoms with Gasteiger partial charge in [-0.15, -0.1) is 0 Å². The fraction of sp³-hybridized carbons (Fsp3) is 0.480. The summed E-state index contributed by atoms with van der Waals surface area (Å²) in [5.41, 5.74) is -2.98. The Labute approximate surface area is 211 Å². The zero-order valence-corrected chi connectivity index (χ0v) is 19.6. The molecule has 1 aromatic carbocycles. The molecule has 2 N–H and O–H groups in total. The van der Waals surface area contributed by atoms with Gasteiger partial charge in [-0.05, 0) is 61.8 Å². The van der Waals surface area contributed by atoms with Crippen molar-refractivity contribution in [2.45, 2.75) is 62.5 Å². The van der Waals surface area contributed by atoms with Gasteiger partial charge in [0.15, 0.2) is 0 Å². The number of rotatable bonds is 6. The Morgan fingerprint density at radius 1 is 1.05 bits per heavy atom. The van der Waals surface area contributed by atoms with E-state index in [1.807, 2.05) is 0 Å². The van der Waals surface area contributed by atoms with Crippen molar-refractivity contribution in [2.24, 2.45) is 11.8 Å². The molecule has 2 amide bonds. The molecule has 38 heavy (non-hydrogen) atoms. The normalized spacial score (nSPS) is 27.1. The summed E-state index contributed by atoms with van der Waals surface area (Å²) in [6.45, 7) is 0. The number of aliphatic hydroxyl groups excluding tert-OH is 1. The highest BCUT2D eigenvalue weighted by Gasteiger charge is 2.56. The van der Waals surface area contributed by atoms with E-state index in [9.17, 15) is 45.4 Å². The number of nitrogens with one attached hydrogen (secondary N) is 1. The van der Waals surface area contributed by atoms with Crippen LogP contribution in [-0.2, 0) is 11.0 Å². The minimum atomic E-state index is -5.13. The van der Waals surface area contributed by atoms with E-state index in [1.54, 1.807) is 0 Å². The van der Waals surface area contributed by atoms with Gasteiger partial charge in [0.25, 0.3) is 12.3 Å². The lowest BCUT2D eigenvalue weighted by Crippen LogP contribution is -2.51. The van der Waals surface area contributed by atoms with Crippen LogP contribution < -0.4 is 5.32 Å². The Morgan fingerprint density at radius 2 is 1.76 bits per heavy atom. The first kappa shape index (κ1) is 26.4. The summed E-state index contributed by atoms with van der Waals surface area (Å²) in [5, 5.41) is 12.3. The zero-order valence-electron chi connectivity index (χ0n) is 19.6. The van der Waals surface area contributed by atoms with Gasteiger partial charge < -0.3 is 15.3 Å². The van der Waals surface area contributed by atoms with Gasteiger partial charge in [-0.25, -0.2) is 17.6 Å². The van der Waals surface area contributed by atoms with E-state index in [-0.39, 0.29) is 42.9 Å². The molecule has 0 bridgehead atoms. The number of carbonyl (C=O) groups is 2. The maximum Gasteiger partial charge on any atom is 0.419 e. The van der Waals surface area contributed by atoms with E-state index < -0.39 is 77.0 Å². The number of amides is 2. The maximum atomic E-state index is 14.8. The highest BCUT2D eigenvalue weighted by Crippen LogP contribution is 2.49. The molecule has 2 aliphatic carbocycles. The van der Waals surface area contributed by atoms with Gasteiger partial charge in [-0.3, -0.25) is 14.6 Å². The van der Waals surface area contributed by atoms with Crippen LogP contribution in [0.3, 0.4) is 0 Å². The van der Waals surface area contributed by atoms with Crippen molar-refractivity contribution in [2.75, 3.05) is 0 Å². The summed E-state index contributed by atoms with van der Waals surface area (Å²) < 4.78 is 94.5. The van der Waals surface area contributed by atoms with Gasteiger partial charge >= 0.3 is 6.18 Å². The number of piperidine rings is 1. The topological polar surface area (TPSA) is 82.5 Å². The summed E-state index contributed by atoms with van der Waals surface area (Å²) in [5.74, 6) is -5.08. The fourth-order valence-electron chi connectivity index (χ4n) is 5.45. The number of nitrogens with zero attached hydrogens (tertiary/aromatic N) is 2. The summed E-state index contributed by atoms with van der Waals surface area (Å²) >= 11 is 0. The quantitative estimate of drug-likeness (QED) is 0.522. The summed E-state index contributed by atoms with van der Waals surface area (Å²) in [6.07, 6.45) is -6.70. The summed E-state index contributed by atoms with van der Waals surface area (Å²) in [7, 11) is 0. The third kappa shape index (κ3) is 4.83. The Kier molecular flexibility index (Phi) is 6.60. The number of benzene rings is 1. The predicted octanol–water partition coefficient (Wildman–Crippen LogP) is 4.55. The first-order chi connectivity index (χ1) is 17.8. The van der Waals surface area contributed by atoms with Crippen molar-refractivity contribution < 1.29 is 45.4 Å². The summed E-state index contributed by atoms with van der Waals surface area (Å²) in [6, 6.07) is 0.00157. The molecule has 1 aliphatic heterocycles. The molecule has 6 nitrogen and oxygen atoms in total. The van der Waals surface area contributed by atoms with Gasteiger partial charge in [0.1, 0.15) is 23.4 Å². The molecule has 204 valence electrons. The second-order valence-corrected chi connectivity index (χ2v) is 10.0. The number of pyridine rings is 1. The van der Waals surface area contributed by atoms with Crippen LogP contribution in [0.5, 0.6) is 0 Å². The highest BCUT2D eigenvalue weighted by atomic mass is 19.4. The van der Waals surface area contributed by atoms with E-state index in [0.29, 0.717) is 12.5 Å². The van der Waals surface area contributed by atoms with E-state index in [1.165, 1.54) is 11.0 Å². The van der Waals surface area contributed by atoms with Gasteiger partial charge in [0.2, 0.25) is 5.91 Å². The van der Waals surface area contributed by atoms with Crippen LogP contribution in [0.15, 0.2) is 30.5 Å². The molecule has 13 heteroatoms. The Hall–Kier alpha value is -3.22. The van der Waals surface area contributed by atoms with Crippen LogP contribution in [0.1, 0.15) is 65.3 Å². The Bertz CT molecular complexity index is 1270. The number of hydrogen-bond acceptors (Lipinski definition) is 4. The van der Waals surface area contributed by atoms with Crippen molar-refractivity contribution in [3.05, 3.63) is 64.5 Å². The van der Waals surface area contributed by atoms with Crippen LogP contribution in [0, 0.1) is 23.5 Å². The minimum absolute atomic E-state index is 0.00432. The largest absolute Gasteiger partial charge is 0.419 e. The average Bonchev–Trinajstić information content (AvgIpc) is 3.50. The van der Waals surface area contributed by atoms with Gasteiger partial charge in [0, 0.05) is 23.4 Å². The van der Waals surface area contributed by atoms with Crippen molar-refractivity contribution >= 4 is 11.8 Å². The molecular formula is C25H22F7N3O3. The maximum absolute atomic E-state index is 14.8. The molecule has 2 aromatic rings. The van der Waals surface area contributed by atoms with E-state index in [0.717, 1.165) is 12.3 Å². The zero-order chi connectivity index (χ0) is 27.5. The van der Waals surface area contributed by atoms with Gasteiger partial charge in [-0.2, -0.15) is 13.2 Å². The smallest absolute Gasteiger partial charge is 0.393 e. The van der Waals surface area contributed by atoms with E-state index >= 15 is 0 Å². The molecule has 4 atom stereocenters. The fourth-order valence-corrected chi connectivity index (χ4v) is 5.45. The number of halogens is 7. The standard InChI is InChI=1S/C25H22F7N3O3/c26-16-9-15(25(30,31)32)17(27)8-14(16)21(12-3-13(36)4-12)34-23(37)20-7-11-6-19(11)35(20)24(38)10-1-2-33-18(5-10)22(28)29/h1-2,5,8-9,11-13,19-22,36H,3-4,6-7H2,(H,34,37)/t11-,12?,13?,19-,20-,21-/m1/s1. The van der Waals surface area contributed by atoms with E-state index in [2.05, 4.69) is 10.3 Å². The molecule has 0 radical (unpaired) electrons. The average molecular weight is 545 g/mol. The molecule has 1 aromatic heterocycles. The monoisotopic (exact) mass is 545 g/mol. The molecule has 2 saturated carbocycles. The van der Waals surface area contributed by atoms with Crippen molar-refractivity contribution in [3.8, 4) is 0 Å². The number of fused-ring (bicyclic) bond motifs is 1. The van der Waals surface area contributed by atoms with Crippen molar-refractivity contribution in [1.82, 2.24) is 15.2 Å². The number of likely N-dealkylation sites (tertiary alicyclic amines) is 1. The third-order valence-corrected chi connectivity index (χ3v) is 7.54. The molecule has 0 spiro atoms. The molecule has 2 heterocycles. The molecule has 3 fully saturated rings. The van der Waals surface area contributed by atoms with Crippen LogP contribution >= 0.6 is 0 Å². The van der Waals surface area contributed by atoms with Crippen LogP contribution in [0.25, 0.3) is 0 Å². The minimum Gasteiger partial charge on any atom is -0.393 e. The third-order valence-electron chi connectivity index (χ3n) is 7.54. The Balaban J connectivity index is 1.41. The lowest BCUT2D eigenvalue weighted by molar-refractivity contribution is -0.140. The summed E-state index contributed by atoms with van der Waals surface area (Å²) in [4.78, 5) is 31.4. The van der Waals surface area contributed by atoms with Gasteiger partial charge in [0.05, 0.1) is 17.7 Å². The SMILES string of the molecule is O=C(N[C@@H](c1cc(F)c(C(F)(F)F)cc1F)C1CC(O)C1)[C@H]1C[C@H]2C[C@H]2N1C(=O)c1ccnc(C(F)F)c1. The van der Waals surface area contributed by atoms with E-state index in [4.69, 9.17) is 0 Å². The molecule has 1 saturated heterocycles. The first-order valence-corrected chi connectivity index (χ1v) is 12.0. The van der Waals surface area contributed by atoms with Crippen molar-refractivity contribution in [1.29, 1.82) is 0 Å². The molecule has 3 aliphatic rings. The lowest BCUT2D eigenvalue weighted by Gasteiger charge is -2.39. The van der Waals surface area contributed by atoms with Crippen molar-refractivity contribution in [3.63, 3.8) is 0 Å². The number of alkyl halides is 5. The van der Waals surface area contributed by atoms with Crippen LogP contribution in [-0.4, -0.2) is 45.0 Å². The second-order valence-electron chi connectivity index (χ2n) is 10.0. The highest BCUT2D eigenvalue weighted by molar-refractivity contribution is 5.98. The molecular weight excluding hydrogens is 523 g/mol. The molecule has 0 unspecified atom stereocenters. The number of hydrogen-bond donors (Lipinski definition) is 2. The predicted molar refractivity (Wildman–Crippen MR) is 117 cm³/mol. The lowest BCUT2D eigenvalue weighted by atomic mass is 9.74. The second kappa shape index (κ2) is 9.51. The van der Waals surface area contributed by atoms with Crippen LogP contribution in [0.2, 0.25) is 0 Å². The van der Waals surface area contributed by atoms with Crippen LogP contribution in [0.4, 0.5) is 30.7 Å². The number of carbonyl (C=O) groups excluding carboxylic acids is 2. The Morgan fingerprint density at radius 3 is 2.39 bits per heavy atom. The van der Waals surface area contributed by atoms with Gasteiger partial charge in [-0.1, -0.05) is 0 Å². The number of aromatic nitrogens is 1.